The lowest BCUT2D eigenvalue weighted by Crippen LogP contribution is -2.31. The van der Waals surface area contributed by atoms with Crippen LogP contribution in [-0.2, 0) is 4.79 Å². The maximum absolute atomic E-state index is 10.4. The molecule has 0 fully saturated rings. The lowest BCUT2D eigenvalue weighted by atomic mass is 10.3. The van der Waals surface area contributed by atoms with Crippen LogP contribution in [0.1, 0.15) is 13.3 Å². The molecule has 0 rings (SSSR count). The Balaban J connectivity index is 3.91. The van der Waals surface area contributed by atoms with Crippen LogP contribution >= 0.6 is 31.9 Å². The molecule has 0 aliphatic rings. The third-order valence-corrected chi connectivity index (χ3v) is 2.71. The summed E-state index contributed by atoms with van der Waals surface area (Å²) in [5.41, 5.74) is 4.95. The van der Waals surface area contributed by atoms with Gasteiger partial charge < -0.3 is 5.73 Å². The highest BCUT2D eigenvalue weighted by molar-refractivity contribution is 9.25. The Morgan fingerprint density at radius 1 is 1.75 bits per heavy atom. The number of hydrogen-bond donors (Lipinski definition) is 1. The maximum Gasteiger partial charge on any atom is 0.245 e. The summed E-state index contributed by atoms with van der Waals surface area (Å²) in [6.07, 6.45) is 0.641. The van der Waals surface area contributed by atoms with Crippen molar-refractivity contribution >= 4 is 37.8 Å². The molecule has 8 heavy (non-hydrogen) atoms. The van der Waals surface area contributed by atoms with Gasteiger partial charge in [0.1, 0.15) is 0 Å². The van der Waals surface area contributed by atoms with Gasteiger partial charge in [0.05, 0.1) is 0 Å². The Bertz CT molecular complexity index is 102. The fourth-order valence-electron chi connectivity index (χ4n) is 0.174. The zero-order chi connectivity index (χ0) is 6.78. The molecule has 0 atom stereocenters. The van der Waals surface area contributed by atoms with Crippen LogP contribution in [-0.4, -0.2) is 9.14 Å². The van der Waals surface area contributed by atoms with Gasteiger partial charge in [0.15, 0.2) is 3.23 Å². The average Bonchev–Trinajstić information content (AvgIpc) is 1.67. The van der Waals surface area contributed by atoms with E-state index in [2.05, 4.69) is 31.9 Å². The van der Waals surface area contributed by atoms with E-state index in [4.69, 9.17) is 5.73 Å². The molecular weight excluding hydrogens is 238 g/mol. The van der Waals surface area contributed by atoms with Gasteiger partial charge >= 0.3 is 0 Å². The van der Waals surface area contributed by atoms with Crippen molar-refractivity contribution < 1.29 is 4.79 Å². The molecule has 0 radical (unpaired) electrons. The quantitative estimate of drug-likeness (QED) is 0.733. The molecule has 0 spiro atoms. The van der Waals surface area contributed by atoms with Crippen molar-refractivity contribution in [2.45, 2.75) is 16.6 Å². The molecule has 0 aromatic rings. The van der Waals surface area contributed by atoms with Crippen molar-refractivity contribution in [2.75, 3.05) is 0 Å². The van der Waals surface area contributed by atoms with E-state index in [-0.39, 0.29) is 5.91 Å². The van der Waals surface area contributed by atoms with Gasteiger partial charge in [-0.15, -0.1) is 0 Å². The van der Waals surface area contributed by atoms with Crippen LogP contribution in [0.15, 0.2) is 0 Å². The fraction of sp³-hybridized carbons (Fsp3) is 0.750. The summed E-state index contributed by atoms with van der Waals surface area (Å²) in [7, 11) is 0. The molecule has 4 heteroatoms. The molecule has 0 heterocycles. The number of primary amides is 1. The first-order chi connectivity index (χ1) is 3.50. The van der Waals surface area contributed by atoms with Crippen LogP contribution in [0, 0.1) is 0 Å². The van der Waals surface area contributed by atoms with E-state index in [9.17, 15) is 4.79 Å². The van der Waals surface area contributed by atoms with Crippen LogP contribution < -0.4 is 5.73 Å². The average molecular weight is 245 g/mol. The van der Waals surface area contributed by atoms with Gasteiger partial charge in [-0.1, -0.05) is 38.8 Å². The zero-order valence-corrected chi connectivity index (χ0v) is 7.62. The summed E-state index contributed by atoms with van der Waals surface area (Å²) in [6, 6.07) is 0. The topological polar surface area (TPSA) is 43.1 Å². The first-order valence-corrected chi connectivity index (χ1v) is 3.77. The van der Waals surface area contributed by atoms with Crippen molar-refractivity contribution in [3.8, 4) is 0 Å². The molecule has 0 bridgehead atoms. The third kappa shape index (κ3) is 2.13. The predicted octanol–water partition coefficient (Wildman–Crippen LogP) is 1.37. The second kappa shape index (κ2) is 2.82. The number of carbonyl (C=O) groups is 1. The molecular formula is C4H7Br2NO. The Kier molecular flexibility index (Phi) is 2.98. The van der Waals surface area contributed by atoms with Crippen molar-refractivity contribution in [2.24, 2.45) is 5.73 Å². The largest absolute Gasteiger partial charge is 0.368 e. The molecule has 0 saturated carbocycles. The van der Waals surface area contributed by atoms with Crippen LogP contribution in [0.3, 0.4) is 0 Å². The fourth-order valence-corrected chi connectivity index (χ4v) is 0.174. The lowest BCUT2D eigenvalue weighted by molar-refractivity contribution is -0.118. The number of nitrogens with two attached hydrogens (primary N) is 1. The Hall–Kier alpha value is 0.430. The van der Waals surface area contributed by atoms with Gasteiger partial charge in [0, 0.05) is 0 Å². The van der Waals surface area contributed by atoms with Gasteiger partial charge in [-0.3, -0.25) is 4.79 Å². The summed E-state index contributed by atoms with van der Waals surface area (Å²) in [4.78, 5) is 10.4. The lowest BCUT2D eigenvalue weighted by Gasteiger charge is -2.11. The van der Waals surface area contributed by atoms with E-state index in [0.29, 0.717) is 6.42 Å². The minimum atomic E-state index is -0.694. The van der Waals surface area contributed by atoms with Crippen molar-refractivity contribution in [3.05, 3.63) is 0 Å². The molecule has 1 amide bonds. The number of amides is 1. The molecule has 48 valence electrons. The summed E-state index contributed by atoms with van der Waals surface area (Å²) in [6.45, 7) is 1.86. The SMILES string of the molecule is CCC(Br)(Br)C(N)=O. The summed E-state index contributed by atoms with van der Waals surface area (Å²) < 4.78 is -0.694. The number of rotatable bonds is 2. The van der Waals surface area contributed by atoms with Gasteiger partial charge in [-0.05, 0) is 6.42 Å². The van der Waals surface area contributed by atoms with E-state index in [1.54, 1.807) is 0 Å². The number of hydrogen-bond acceptors (Lipinski definition) is 1. The molecule has 2 N–H and O–H groups in total. The second-order valence-electron chi connectivity index (χ2n) is 1.42. The van der Waals surface area contributed by atoms with E-state index in [0.717, 1.165) is 0 Å². The highest BCUT2D eigenvalue weighted by Crippen LogP contribution is 2.28. The Morgan fingerprint density at radius 3 is 2.12 bits per heavy atom. The second-order valence-corrected chi connectivity index (χ2v) is 5.19. The monoisotopic (exact) mass is 243 g/mol. The van der Waals surface area contributed by atoms with Gasteiger partial charge in [0.2, 0.25) is 5.91 Å². The normalized spacial score (nSPS) is 11.4. The first kappa shape index (κ1) is 8.43. The highest BCUT2D eigenvalue weighted by atomic mass is 79.9. The van der Waals surface area contributed by atoms with Crippen LogP contribution in [0.25, 0.3) is 0 Å². The van der Waals surface area contributed by atoms with Gasteiger partial charge in [0.25, 0.3) is 0 Å². The van der Waals surface area contributed by atoms with E-state index in [1.165, 1.54) is 0 Å². The highest BCUT2D eigenvalue weighted by Gasteiger charge is 2.26. The third-order valence-electron chi connectivity index (χ3n) is 0.805. The van der Waals surface area contributed by atoms with Crippen LogP contribution in [0.4, 0.5) is 0 Å². The smallest absolute Gasteiger partial charge is 0.245 e. The van der Waals surface area contributed by atoms with Crippen molar-refractivity contribution in [1.82, 2.24) is 0 Å². The molecule has 0 aromatic heterocycles. The zero-order valence-electron chi connectivity index (χ0n) is 4.45. The summed E-state index contributed by atoms with van der Waals surface area (Å²) in [5.74, 6) is -0.389. The predicted molar refractivity (Wildman–Crippen MR) is 40.1 cm³/mol. The first-order valence-electron chi connectivity index (χ1n) is 2.18. The van der Waals surface area contributed by atoms with Crippen LogP contribution in [0.2, 0.25) is 0 Å². The minimum absolute atomic E-state index is 0.389. The number of carbonyl (C=O) groups excluding carboxylic acids is 1. The van der Waals surface area contributed by atoms with Gasteiger partial charge in [-0.2, -0.15) is 0 Å². The molecule has 0 aliphatic carbocycles. The number of halogens is 2. The Morgan fingerprint density at radius 2 is 2.12 bits per heavy atom. The molecule has 0 unspecified atom stereocenters. The molecule has 0 aromatic carbocycles. The van der Waals surface area contributed by atoms with Crippen molar-refractivity contribution in [1.29, 1.82) is 0 Å². The standard InChI is InChI=1S/C4H7Br2NO/c1-2-4(5,6)3(7)8/h2H2,1H3,(H2,7,8). The van der Waals surface area contributed by atoms with Gasteiger partial charge in [-0.25, -0.2) is 0 Å². The molecule has 2 nitrogen and oxygen atoms in total. The summed E-state index contributed by atoms with van der Waals surface area (Å²) in [5, 5.41) is 0. The van der Waals surface area contributed by atoms with Crippen molar-refractivity contribution in [3.63, 3.8) is 0 Å². The minimum Gasteiger partial charge on any atom is -0.368 e. The Labute approximate surface area is 65.1 Å². The number of alkyl halides is 2. The van der Waals surface area contributed by atoms with E-state index >= 15 is 0 Å². The van der Waals surface area contributed by atoms with Crippen LogP contribution in [0.5, 0.6) is 0 Å². The molecule has 0 aliphatic heterocycles. The maximum atomic E-state index is 10.4. The summed E-state index contributed by atoms with van der Waals surface area (Å²) >= 11 is 6.17. The molecule has 0 saturated heterocycles. The van der Waals surface area contributed by atoms with E-state index in [1.807, 2.05) is 6.92 Å². The van der Waals surface area contributed by atoms with E-state index < -0.39 is 3.23 Å².